The molecule has 0 saturated heterocycles. The molecule has 1 rings (SSSR count). The first-order valence-electron chi connectivity index (χ1n) is 3.28. The molecule has 0 N–H and O–H groups in total. The van der Waals surface area contributed by atoms with Crippen molar-refractivity contribution in [1.29, 1.82) is 0 Å². The van der Waals surface area contributed by atoms with Gasteiger partial charge in [-0.2, -0.15) is 0 Å². The summed E-state index contributed by atoms with van der Waals surface area (Å²) < 4.78 is 1.73. The fourth-order valence-electron chi connectivity index (χ4n) is 0.947. The molecule has 0 aliphatic heterocycles. The second-order valence-corrected chi connectivity index (χ2v) is 3.76. The predicted molar refractivity (Wildman–Crippen MR) is 39.5 cm³/mol. The molecule has 0 unspecified atom stereocenters. The minimum absolute atomic E-state index is 0.178. The van der Waals surface area contributed by atoms with Crippen LogP contribution in [0, 0.1) is 0 Å². The number of rotatable bonds is 1. The van der Waals surface area contributed by atoms with Gasteiger partial charge in [0.15, 0.2) is 0 Å². The van der Waals surface area contributed by atoms with Gasteiger partial charge in [-0.3, -0.25) is 0 Å². The van der Waals surface area contributed by atoms with Crippen LogP contribution in [0.2, 0.25) is 5.79 Å². The average molecular weight is 122 g/mol. The Morgan fingerprint density at radius 3 is 2.88 bits per heavy atom. The fourth-order valence-corrected chi connectivity index (χ4v) is 1.88. The summed E-state index contributed by atoms with van der Waals surface area (Å²) in [5, 5.41) is 0. The van der Waals surface area contributed by atoms with E-state index in [4.69, 9.17) is 0 Å². The zero-order valence-electron chi connectivity index (χ0n) is 5.35. The summed E-state index contributed by atoms with van der Waals surface area (Å²) in [5.41, 5.74) is 0. The highest BCUT2D eigenvalue weighted by atomic mass is 27.1. The van der Waals surface area contributed by atoms with Gasteiger partial charge >= 0.3 is 0 Å². The average Bonchev–Trinajstić information content (AvgIpc) is 1.90. The molecule has 0 fully saturated rings. The molecule has 0 nitrogen and oxygen atoms in total. The van der Waals surface area contributed by atoms with Gasteiger partial charge in [0.2, 0.25) is 0 Å². The normalized spacial score (nSPS) is 17.9. The summed E-state index contributed by atoms with van der Waals surface area (Å²) in [6, 6.07) is 0. The molecule has 42 valence electrons. The molecular weight excluding hydrogens is 111 g/mol. The maximum atomic E-state index is 2.35. The van der Waals surface area contributed by atoms with Crippen LogP contribution in [-0.2, 0) is 0 Å². The minimum atomic E-state index is 0.178. The van der Waals surface area contributed by atoms with Gasteiger partial charge in [0.1, 0.15) is 0 Å². The molecule has 1 heteroatoms. The molecule has 0 aromatic heterocycles. The van der Waals surface area contributed by atoms with Crippen LogP contribution < -0.4 is 0 Å². The van der Waals surface area contributed by atoms with E-state index in [1.54, 1.807) is 4.44 Å². The quantitative estimate of drug-likeness (QED) is 0.464. The molecule has 0 heterocycles. The second-order valence-electron chi connectivity index (χ2n) is 2.15. The van der Waals surface area contributed by atoms with E-state index in [-0.39, 0.29) is 15.2 Å². The lowest BCUT2D eigenvalue weighted by molar-refractivity contribution is 1.01. The summed E-state index contributed by atoms with van der Waals surface area (Å²) in [6.45, 7) is 0. The lowest BCUT2D eigenvalue weighted by atomic mass is 10.2. The number of hydrogen-bond donors (Lipinski definition) is 0. The Balaban J connectivity index is 2.50. The second kappa shape index (κ2) is 3.12. The minimum Gasteiger partial charge on any atom is -0.135 e. The molecule has 0 aromatic rings. The van der Waals surface area contributed by atoms with Crippen LogP contribution in [0.1, 0.15) is 12.8 Å². The van der Waals surface area contributed by atoms with Crippen molar-refractivity contribution in [1.82, 2.24) is 0 Å². The van der Waals surface area contributed by atoms with Crippen LogP contribution in [-0.4, -0.2) is 15.2 Å². The van der Waals surface area contributed by atoms with Gasteiger partial charge in [-0.25, -0.2) is 0 Å². The zero-order chi connectivity index (χ0) is 5.82. The molecule has 0 aromatic carbocycles. The van der Waals surface area contributed by atoms with Gasteiger partial charge in [0.25, 0.3) is 15.2 Å². The van der Waals surface area contributed by atoms with E-state index < -0.39 is 0 Å². The van der Waals surface area contributed by atoms with E-state index >= 15 is 0 Å². The Morgan fingerprint density at radius 2 is 2.50 bits per heavy atom. The first-order valence-corrected chi connectivity index (χ1v) is 5.40. The summed E-state index contributed by atoms with van der Waals surface area (Å²) >= 11 is 0.178. The lowest BCUT2D eigenvalue weighted by Gasteiger charge is -2.02. The Hall–Kier alpha value is 0.0125. The molecule has 8 heavy (non-hydrogen) atoms. The van der Waals surface area contributed by atoms with E-state index in [0.29, 0.717) is 0 Å². The molecular formula is C7H11Al. The molecule has 0 bridgehead atoms. The van der Waals surface area contributed by atoms with Crippen LogP contribution in [0.5, 0.6) is 0 Å². The molecule has 0 saturated carbocycles. The summed E-state index contributed by atoms with van der Waals surface area (Å²) in [7, 11) is 0. The maximum Gasteiger partial charge on any atom is 0.272 e. The standard InChI is InChI=1S/C6H7.CH3.Al.H/c1-2-4-6-5-3-1;;;/h1-3H,4,6H2;1H3;;. The number of allylic oxidation sites excluding steroid dienone is 4. The highest BCUT2D eigenvalue weighted by Crippen LogP contribution is 2.08. The smallest absolute Gasteiger partial charge is 0.135 e. The molecule has 0 atom stereocenters. The molecule has 0 spiro atoms. The van der Waals surface area contributed by atoms with Gasteiger partial charge in [-0.05, 0) is 12.8 Å². The topological polar surface area (TPSA) is 0 Å². The van der Waals surface area contributed by atoms with Crippen molar-refractivity contribution in [2.75, 3.05) is 0 Å². The van der Waals surface area contributed by atoms with Gasteiger partial charge in [-0.1, -0.05) is 18.2 Å². The molecule has 1 aliphatic carbocycles. The van der Waals surface area contributed by atoms with E-state index in [9.17, 15) is 0 Å². The van der Waals surface area contributed by atoms with Crippen LogP contribution >= 0.6 is 0 Å². The van der Waals surface area contributed by atoms with Crippen molar-refractivity contribution in [3.8, 4) is 0 Å². The zero-order valence-corrected chi connectivity index (χ0v) is 6.77. The largest absolute Gasteiger partial charge is 0.272 e. The van der Waals surface area contributed by atoms with Crippen LogP contribution in [0.15, 0.2) is 22.7 Å². The van der Waals surface area contributed by atoms with Gasteiger partial charge < -0.3 is 0 Å². The Bertz CT molecular complexity index is 122. The third-order valence-electron chi connectivity index (χ3n) is 1.55. The van der Waals surface area contributed by atoms with Crippen molar-refractivity contribution in [3.63, 3.8) is 0 Å². The monoisotopic (exact) mass is 122 g/mol. The maximum absolute atomic E-state index is 2.35. The highest BCUT2D eigenvalue weighted by molar-refractivity contribution is 6.43. The van der Waals surface area contributed by atoms with Crippen LogP contribution in [0.25, 0.3) is 0 Å². The summed E-state index contributed by atoms with van der Waals surface area (Å²) in [4.78, 5) is 0. The molecule has 0 amide bonds. The van der Waals surface area contributed by atoms with Gasteiger partial charge in [0.05, 0.1) is 0 Å². The van der Waals surface area contributed by atoms with E-state index in [1.165, 1.54) is 12.8 Å². The van der Waals surface area contributed by atoms with E-state index in [1.807, 2.05) is 0 Å². The third kappa shape index (κ3) is 1.51. The molecule has 0 radical (unpaired) electrons. The van der Waals surface area contributed by atoms with E-state index in [0.717, 1.165) is 0 Å². The van der Waals surface area contributed by atoms with Crippen molar-refractivity contribution >= 4 is 15.2 Å². The SMILES string of the molecule is [CH3][AlH][C]1=CC=CCC1. The van der Waals surface area contributed by atoms with Gasteiger partial charge in [0, 0.05) is 0 Å². The van der Waals surface area contributed by atoms with Crippen molar-refractivity contribution < 1.29 is 0 Å². The lowest BCUT2D eigenvalue weighted by Crippen LogP contribution is -1.92. The Labute approximate surface area is 57.0 Å². The predicted octanol–water partition coefficient (Wildman–Crippen LogP) is 1.70. The third-order valence-corrected chi connectivity index (χ3v) is 3.05. The summed E-state index contributed by atoms with van der Waals surface area (Å²) in [6.07, 6.45) is 9.35. The number of hydrogen-bond acceptors (Lipinski definition) is 0. The Morgan fingerprint density at radius 1 is 1.62 bits per heavy atom. The first-order chi connectivity index (χ1) is 3.93. The van der Waals surface area contributed by atoms with E-state index in [2.05, 4.69) is 24.0 Å². The van der Waals surface area contributed by atoms with Crippen molar-refractivity contribution in [3.05, 3.63) is 22.7 Å². The van der Waals surface area contributed by atoms with Crippen LogP contribution in [0.3, 0.4) is 0 Å². The van der Waals surface area contributed by atoms with Crippen molar-refractivity contribution in [2.24, 2.45) is 0 Å². The van der Waals surface area contributed by atoms with Crippen LogP contribution in [0.4, 0.5) is 0 Å². The highest BCUT2D eigenvalue weighted by Gasteiger charge is 1.95. The fraction of sp³-hybridized carbons (Fsp3) is 0.429. The Kier molecular flexibility index (Phi) is 2.39. The summed E-state index contributed by atoms with van der Waals surface area (Å²) in [5.74, 6) is 2.35. The van der Waals surface area contributed by atoms with Gasteiger partial charge in [-0.15, -0.1) is 10.2 Å². The van der Waals surface area contributed by atoms with Crippen molar-refractivity contribution in [2.45, 2.75) is 18.6 Å². The molecule has 1 aliphatic rings. The first kappa shape index (κ1) is 6.14.